The van der Waals surface area contributed by atoms with Crippen LogP contribution in [0, 0.1) is 0 Å². The quantitative estimate of drug-likeness (QED) is 0.491. The fraction of sp³-hybridized carbons (Fsp3) is 0.0870. The van der Waals surface area contributed by atoms with Gasteiger partial charge in [0.1, 0.15) is 0 Å². The van der Waals surface area contributed by atoms with E-state index in [1.54, 1.807) is 12.1 Å². The van der Waals surface area contributed by atoms with Crippen molar-refractivity contribution < 1.29 is 12.8 Å². The Morgan fingerprint density at radius 1 is 0.759 bits per heavy atom. The van der Waals surface area contributed by atoms with E-state index in [0.29, 0.717) is 12.0 Å². The average molecular weight is 404 g/mol. The van der Waals surface area contributed by atoms with Gasteiger partial charge in [-0.2, -0.15) is 4.98 Å². The number of aromatic nitrogens is 1. The van der Waals surface area contributed by atoms with Gasteiger partial charge in [0.25, 0.3) is 10.0 Å². The summed E-state index contributed by atoms with van der Waals surface area (Å²) in [6, 6.07) is 28.1. The normalized spacial score (nSPS) is 11.4. The van der Waals surface area contributed by atoms with Crippen LogP contribution in [-0.2, 0) is 16.4 Å². The molecule has 1 aromatic heterocycles. The Kier molecular flexibility index (Phi) is 5.55. The fourth-order valence-electron chi connectivity index (χ4n) is 3.01. The topological polar surface area (TPSA) is 72.2 Å². The van der Waals surface area contributed by atoms with Gasteiger partial charge in [-0.25, -0.2) is 13.1 Å². The van der Waals surface area contributed by atoms with Gasteiger partial charge in [0.2, 0.25) is 10.9 Å². The standard InChI is InChI=1S/C23H20N2O3S/c26-29(27,24-17-16-18-10-4-1-5-11-18)23-21(19-12-6-2-7-13-19)28-22(25-23)20-14-8-3-9-15-20/h1-15,24H,16-17H2. The van der Waals surface area contributed by atoms with Crippen molar-refractivity contribution in [3.8, 4) is 22.8 Å². The summed E-state index contributed by atoms with van der Waals surface area (Å²) in [7, 11) is -3.85. The second-order valence-corrected chi connectivity index (χ2v) is 8.20. The molecule has 0 atom stereocenters. The molecule has 0 amide bonds. The summed E-state index contributed by atoms with van der Waals surface area (Å²) in [5.41, 5.74) is 2.43. The predicted molar refractivity (Wildman–Crippen MR) is 113 cm³/mol. The number of oxazole rings is 1. The first-order chi connectivity index (χ1) is 14.1. The summed E-state index contributed by atoms with van der Waals surface area (Å²) in [6.07, 6.45) is 0.587. The number of hydrogen-bond donors (Lipinski definition) is 1. The minimum atomic E-state index is -3.85. The zero-order valence-corrected chi connectivity index (χ0v) is 16.5. The third-order valence-corrected chi connectivity index (χ3v) is 5.83. The molecule has 3 aromatic carbocycles. The predicted octanol–water partition coefficient (Wildman–Crippen LogP) is 4.53. The summed E-state index contributed by atoms with van der Waals surface area (Å²) >= 11 is 0. The van der Waals surface area contributed by atoms with Gasteiger partial charge in [-0.1, -0.05) is 78.9 Å². The second-order valence-electron chi connectivity index (χ2n) is 6.52. The highest BCUT2D eigenvalue weighted by Gasteiger charge is 2.27. The van der Waals surface area contributed by atoms with E-state index >= 15 is 0 Å². The van der Waals surface area contributed by atoms with Crippen LogP contribution in [0.4, 0.5) is 0 Å². The minimum Gasteiger partial charge on any atom is -0.435 e. The maximum absolute atomic E-state index is 13.0. The molecule has 0 aliphatic carbocycles. The van der Waals surface area contributed by atoms with Crippen molar-refractivity contribution >= 4 is 10.0 Å². The Labute approximate surface area is 170 Å². The molecule has 5 nitrogen and oxygen atoms in total. The van der Waals surface area contributed by atoms with Crippen LogP contribution in [0.1, 0.15) is 5.56 Å². The lowest BCUT2D eigenvalue weighted by Crippen LogP contribution is -2.26. The average Bonchev–Trinajstić information content (AvgIpc) is 3.22. The molecule has 0 saturated heterocycles. The summed E-state index contributed by atoms with van der Waals surface area (Å²) in [5, 5.41) is -0.101. The Morgan fingerprint density at radius 3 is 1.93 bits per heavy atom. The van der Waals surface area contributed by atoms with Crippen LogP contribution in [0.3, 0.4) is 0 Å². The van der Waals surface area contributed by atoms with E-state index in [4.69, 9.17) is 4.42 Å². The molecule has 4 rings (SSSR count). The molecule has 1 N–H and O–H groups in total. The van der Waals surface area contributed by atoms with Gasteiger partial charge in [-0.3, -0.25) is 0 Å². The Bertz CT molecular complexity index is 1170. The Hall–Kier alpha value is -3.22. The van der Waals surface area contributed by atoms with Gasteiger partial charge >= 0.3 is 0 Å². The van der Waals surface area contributed by atoms with Crippen LogP contribution in [-0.4, -0.2) is 19.9 Å². The SMILES string of the molecule is O=S(=O)(NCCc1ccccc1)c1nc(-c2ccccc2)oc1-c1ccccc1. The van der Waals surface area contributed by atoms with Crippen LogP contribution in [0.15, 0.2) is 100 Å². The van der Waals surface area contributed by atoms with Crippen molar-refractivity contribution in [1.29, 1.82) is 0 Å². The van der Waals surface area contributed by atoms with Crippen LogP contribution >= 0.6 is 0 Å². The number of sulfonamides is 1. The molecule has 1 heterocycles. The monoisotopic (exact) mass is 404 g/mol. The van der Waals surface area contributed by atoms with Gasteiger partial charge in [0.15, 0.2) is 5.76 Å². The van der Waals surface area contributed by atoms with Crippen molar-refractivity contribution in [2.45, 2.75) is 11.4 Å². The molecule has 0 radical (unpaired) electrons. The Morgan fingerprint density at radius 2 is 1.31 bits per heavy atom. The minimum absolute atomic E-state index is 0.101. The van der Waals surface area contributed by atoms with Crippen molar-refractivity contribution in [2.75, 3.05) is 6.54 Å². The summed E-state index contributed by atoms with van der Waals surface area (Å²) < 4.78 is 34.6. The highest BCUT2D eigenvalue weighted by Crippen LogP contribution is 2.32. The lowest BCUT2D eigenvalue weighted by Gasteiger charge is -2.06. The largest absolute Gasteiger partial charge is 0.435 e. The lowest BCUT2D eigenvalue weighted by atomic mass is 10.2. The van der Waals surface area contributed by atoms with Crippen LogP contribution in [0.2, 0.25) is 0 Å². The van der Waals surface area contributed by atoms with Gasteiger partial charge in [-0.15, -0.1) is 0 Å². The fourth-order valence-corrected chi connectivity index (χ4v) is 4.12. The number of nitrogens with one attached hydrogen (secondary N) is 1. The maximum Gasteiger partial charge on any atom is 0.262 e. The van der Waals surface area contributed by atoms with E-state index in [1.807, 2.05) is 78.9 Å². The molecule has 29 heavy (non-hydrogen) atoms. The highest BCUT2D eigenvalue weighted by atomic mass is 32.2. The number of hydrogen-bond acceptors (Lipinski definition) is 4. The van der Waals surface area contributed by atoms with Crippen LogP contribution in [0.25, 0.3) is 22.8 Å². The first-order valence-corrected chi connectivity index (χ1v) is 10.8. The third kappa shape index (κ3) is 4.45. The third-order valence-electron chi connectivity index (χ3n) is 4.46. The maximum atomic E-state index is 13.0. The molecule has 146 valence electrons. The van der Waals surface area contributed by atoms with E-state index in [0.717, 1.165) is 11.1 Å². The molecule has 0 saturated carbocycles. The van der Waals surface area contributed by atoms with Crippen molar-refractivity contribution in [2.24, 2.45) is 0 Å². The van der Waals surface area contributed by atoms with Crippen molar-refractivity contribution in [1.82, 2.24) is 9.71 Å². The zero-order chi connectivity index (χ0) is 20.1. The number of nitrogens with zero attached hydrogens (tertiary/aromatic N) is 1. The van der Waals surface area contributed by atoms with E-state index in [9.17, 15) is 8.42 Å². The highest BCUT2D eigenvalue weighted by molar-refractivity contribution is 7.89. The summed E-state index contributed by atoms with van der Waals surface area (Å²) in [4.78, 5) is 4.34. The smallest absolute Gasteiger partial charge is 0.262 e. The van der Waals surface area contributed by atoms with Crippen LogP contribution in [0.5, 0.6) is 0 Å². The summed E-state index contributed by atoms with van der Waals surface area (Å²) in [5.74, 6) is 0.504. The molecule has 0 spiro atoms. The zero-order valence-electron chi connectivity index (χ0n) is 15.7. The lowest BCUT2D eigenvalue weighted by molar-refractivity contribution is 0.571. The summed E-state index contributed by atoms with van der Waals surface area (Å²) in [6.45, 7) is 0.272. The van der Waals surface area contributed by atoms with Gasteiger partial charge < -0.3 is 4.42 Å². The molecule has 0 fully saturated rings. The molecule has 0 unspecified atom stereocenters. The second kappa shape index (κ2) is 8.43. The number of rotatable bonds is 7. The van der Waals surface area contributed by atoms with Crippen molar-refractivity contribution in [3.63, 3.8) is 0 Å². The van der Waals surface area contributed by atoms with Gasteiger partial charge in [-0.05, 0) is 24.1 Å². The van der Waals surface area contributed by atoms with Gasteiger partial charge in [0, 0.05) is 17.7 Å². The van der Waals surface area contributed by atoms with Crippen molar-refractivity contribution in [3.05, 3.63) is 96.6 Å². The molecule has 0 aliphatic rings. The first kappa shape index (κ1) is 19.1. The molecular formula is C23H20N2O3S. The molecule has 4 aromatic rings. The number of benzene rings is 3. The molecule has 0 aliphatic heterocycles. The molecule has 0 bridgehead atoms. The van der Waals surface area contributed by atoms with Crippen LogP contribution < -0.4 is 4.72 Å². The van der Waals surface area contributed by atoms with E-state index < -0.39 is 10.0 Å². The molecule has 6 heteroatoms. The molecular weight excluding hydrogens is 384 g/mol. The van der Waals surface area contributed by atoms with E-state index in [2.05, 4.69) is 9.71 Å². The first-order valence-electron chi connectivity index (χ1n) is 9.29. The van der Waals surface area contributed by atoms with Gasteiger partial charge in [0.05, 0.1) is 0 Å². The van der Waals surface area contributed by atoms with E-state index in [1.165, 1.54) is 0 Å². The van der Waals surface area contributed by atoms with E-state index in [-0.39, 0.29) is 23.2 Å². The Balaban J connectivity index is 1.66.